The van der Waals surface area contributed by atoms with Crippen LogP contribution in [0.2, 0.25) is 0 Å². The largest absolute Gasteiger partial charge is 0.454 e. The third-order valence-electron chi connectivity index (χ3n) is 3.46. The van der Waals surface area contributed by atoms with Crippen LogP contribution < -0.4 is 14.8 Å². The Kier molecular flexibility index (Phi) is 3.46. The Balaban J connectivity index is 1.55. The second kappa shape index (κ2) is 5.07. The number of fused-ring (bicyclic) bond motifs is 1. The molecule has 0 radical (unpaired) electrons. The second-order valence-electron chi connectivity index (χ2n) is 4.93. The molecule has 0 aromatic heterocycles. The number of rotatable bonds is 4. The number of hydrogen-bond donors (Lipinski definition) is 2. The molecular weight excluding hydrogens is 298 g/mol. The summed E-state index contributed by atoms with van der Waals surface area (Å²) in [6.07, 6.45) is 1.78. The van der Waals surface area contributed by atoms with Gasteiger partial charge in [0, 0.05) is 6.54 Å². The summed E-state index contributed by atoms with van der Waals surface area (Å²) in [6.45, 7) is 2.07. The van der Waals surface area contributed by atoms with E-state index in [-0.39, 0.29) is 6.10 Å². The van der Waals surface area contributed by atoms with Gasteiger partial charge in [0.25, 0.3) is 0 Å². The van der Waals surface area contributed by atoms with Crippen molar-refractivity contribution in [3.05, 3.63) is 22.2 Å². The molecule has 0 atom stereocenters. The van der Waals surface area contributed by atoms with Crippen molar-refractivity contribution >= 4 is 15.9 Å². The third-order valence-corrected chi connectivity index (χ3v) is 4.05. The molecule has 5 heteroatoms. The Morgan fingerprint density at radius 3 is 2.94 bits per heavy atom. The molecule has 1 aromatic carbocycles. The van der Waals surface area contributed by atoms with Gasteiger partial charge in [-0.25, -0.2) is 0 Å². The summed E-state index contributed by atoms with van der Waals surface area (Å²) in [5.41, 5.74) is 1.17. The maximum absolute atomic E-state index is 9.21. The number of hydrogen-bond acceptors (Lipinski definition) is 4. The van der Waals surface area contributed by atoms with Gasteiger partial charge in [-0.15, -0.1) is 0 Å². The molecule has 1 aromatic rings. The smallest absolute Gasteiger partial charge is 0.231 e. The van der Waals surface area contributed by atoms with Gasteiger partial charge in [-0.3, -0.25) is 0 Å². The Hall–Kier alpha value is -0.780. The van der Waals surface area contributed by atoms with Gasteiger partial charge in [-0.1, -0.05) is 0 Å². The van der Waals surface area contributed by atoms with Crippen LogP contribution in [0.3, 0.4) is 0 Å². The minimum absolute atomic E-state index is 0.0727. The zero-order chi connectivity index (χ0) is 12.5. The fourth-order valence-electron chi connectivity index (χ4n) is 2.41. The molecule has 2 aliphatic rings. The van der Waals surface area contributed by atoms with E-state index in [0.29, 0.717) is 12.7 Å². The summed E-state index contributed by atoms with van der Waals surface area (Å²) in [7, 11) is 0. The number of benzene rings is 1. The Morgan fingerprint density at radius 1 is 1.33 bits per heavy atom. The molecule has 0 saturated heterocycles. The minimum Gasteiger partial charge on any atom is -0.454 e. The van der Waals surface area contributed by atoms with E-state index in [1.807, 2.05) is 6.07 Å². The summed E-state index contributed by atoms with van der Waals surface area (Å²) >= 11 is 3.49. The summed E-state index contributed by atoms with van der Waals surface area (Å²) in [4.78, 5) is 0. The lowest BCUT2D eigenvalue weighted by molar-refractivity contribution is 0.0430. The van der Waals surface area contributed by atoms with Crippen molar-refractivity contribution in [1.29, 1.82) is 0 Å². The molecule has 18 heavy (non-hydrogen) atoms. The first-order chi connectivity index (χ1) is 8.72. The fourth-order valence-corrected chi connectivity index (χ4v) is 3.01. The average Bonchev–Trinajstić information content (AvgIpc) is 2.75. The van der Waals surface area contributed by atoms with Gasteiger partial charge >= 0.3 is 0 Å². The first-order valence-electron chi connectivity index (χ1n) is 6.19. The normalized spacial score (nSPS) is 25.0. The zero-order valence-electron chi connectivity index (χ0n) is 9.99. The van der Waals surface area contributed by atoms with E-state index in [9.17, 15) is 5.11 Å². The summed E-state index contributed by atoms with van der Waals surface area (Å²) in [5, 5.41) is 12.6. The Labute approximate surface area is 114 Å². The molecule has 0 unspecified atom stereocenters. The van der Waals surface area contributed by atoms with Crippen molar-refractivity contribution < 1.29 is 14.6 Å². The van der Waals surface area contributed by atoms with Crippen molar-refractivity contribution in [2.45, 2.75) is 25.5 Å². The van der Waals surface area contributed by atoms with E-state index in [4.69, 9.17) is 9.47 Å². The number of nitrogens with one attached hydrogen (secondary N) is 1. The van der Waals surface area contributed by atoms with Gasteiger partial charge in [-0.2, -0.15) is 0 Å². The van der Waals surface area contributed by atoms with E-state index in [0.717, 1.165) is 41.9 Å². The molecule has 0 amide bonds. The highest BCUT2D eigenvalue weighted by Gasteiger charge is 2.26. The van der Waals surface area contributed by atoms with Gasteiger partial charge < -0.3 is 19.9 Å². The number of halogens is 1. The quantitative estimate of drug-likeness (QED) is 0.893. The van der Waals surface area contributed by atoms with Crippen LogP contribution in [-0.4, -0.2) is 24.5 Å². The van der Waals surface area contributed by atoms with Crippen LogP contribution in [-0.2, 0) is 6.54 Å². The molecule has 0 spiro atoms. The SMILES string of the molecule is OC1CC(CNCc2cc(Br)c3c(c2)OCO3)C1. The van der Waals surface area contributed by atoms with Crippen LogP contribution in [0.25, 0.3) is 0 Å². The lowest BCUT2D eigenvalue weighted by Crippen LogP contribution is -2.35. The van der Waals surface area contributed by atoms with Gasteiger partial charge in [-0.05, 0) is 58.9 Å². The zero-order valence-corrected chi connectivity index (χ0v) is 11.6. The molecule has 98 valence electrons. The first-order valence-corrected chi connectivity index (χ1v) is 6.98. The van der Waals surface area contributed by atoms with E-state index in [1.165, 1.54) is 5.56 Å². The van der Waals surface area contributed by atoms with E-state index in [2.05, 4.69) is 27.3 Å². The maximum Gasteiger partial charge on any atom is 0.231 e. The average molecular weight is 314 g/mol. The van der Waals surface area contributed by atoms with Crippen molar-refractivity contribution in [3.63, 3.8) is 0 Å². The molecule has 3 rings (SSSR count). The lowest BCUT2D eigenvalue weighted by atomic mass is 9.82. The van der Waals surface area contributed by atoms with Gasteiger partial charge in [0.05, 0.1) is 10.6 Å². The summed E-state index contributed by atoms with van der Waals surface area (Å²) in [6, 6.07) is 4.06. The van der Waals surface area contributed by atoms with Gasteiger partial charge in [0.2, 0.25) is 6.79 Å². The van der Waals surface area contributed by atoms with Crippen molar-refractivity contribution in [2.24, 2.45) is 5.92 Å². The molecule has 1 fully saturated rings. The monoisotopic (exact) mass is 313 g/mol. The highest BCUT2D eigenvalue weighted by Crippen LogP contribution is 2.39. The first kappa shape index (κ1) is 12.3. The predicted molar refractivity (Wildman–Crippen MR) is 70.7 cm³/mol. The fraction of sp³-hybridized carbons (Fsp3) is 0.538. The number of aliphatic hydroxyl groups excluding tert-OH is 1. The van der Waals surface area contributed by atoms with Crippen molar-refractivity contribution in [1.82, 2.24) is 5.32 Å². The number of aliphatic hydroxyl groups is 1. The molecule has 1 aliphatic carbocycles. The van der Waals surface area contributed by atoms with Crippen molar-refractivity contribution in [2.75, 3.05) is 13.3 Å². The van der Waals surface area contributed by atoms with E-state index >= 15 is 0 Å². The molecule has 1 heterocycles. The van der Waals surface area contributed by atoms with Crippen LogP contribution in [0.4, 0.5) is 0 Å². The molecular formula is C13H16BrNO3. The summed E-state index contributed by atoms with van der Waals surface area (Å²) < 4.78 is 11.7. The molecule has 1 saturated carbocycles. The van der Waals surface area contributed by atoms with Gasteiger partial charge in [0.15, 0.2) is 11.5 Å². The third kappa shape index (κ3) is 2.48. The minimum atomic E-state index is -0.0727. The topological polar surface area (TPSA) is 50.7 Å². The number of ether oxygens (including phenoxy) is 2. The van der Waals surface area contributed by atoms with Crippen LogP contribution in [0.15, 0.2) is 16.6 Å². The standard InChI is InChI=1S/C13H16BrNO3/c14-11-3-9(4-12-13(11)18-7-17-12)6-15-5-8-1-10(16)2-8/h3-4,8,10,15-16H,1-2,5-7H2. The molecule has 2 N–H and O–H groups in total. The van der Waals surface area contributed by atoms with Crippen LogP contribution in [0, 0.1) is 5.92 Å². The Bertz CT molecular complexity index is 446. The molecule has 4 nitrogen and oxygen atoms in total. The lowest BCUT2D eigenvalue weighted by Gasteiger charge is -2.31. The van der Waals surface area contributed by atoms with Gasteiger partial charge in [0.1, 0.15) is 0 Å². The maximum atomic E-state index is 9.21. The molecule has 0 bridgehead atoms. The second-order valence-corrected chi connectivity index (χ2v) is 5.79. The van der Waals surface area contributed by atoms with Crippen LogP contribution in [0.5, 0.6) is 11.5 Å². The highest BCUT2D eigenvalue weighted by atomic mass is 79.9. The van der Waals surface area contributed by atoms with E-state index < -0.39 is 0 Å². The summed E-state index contributed by atoms with van der Waals surface area (Å²) in [5.74, 6) is 2.22. The van der Waals surface area contributed by atoms with E-state index in [1.54, 1.807) is 0 Å². The Morgan fingerprint density at radius 2 is 2.17 bits per heavy atom. The van der Waals surface area contributed by atoms with Crippen molar-refractivity contribution in [3.8, 4) is 11.5 Å². The highest BCUT2D eigenvalue weighted by molar-refractivity contribution is 9.10. The molecule has 1 aliphatic heterocycles. The van der Waals surface area contributed by atoms with Crippen LogP contribution in [0.1, 0.15) is 18.4 Å². The van der Waals surface area contributed by atoms with Crippen LogP contribution >= 0.6 is 15.9 Å². The predicted octanol–water partition coefficient (Wildman–Crippen LogP) is 2.04.